The molecule has 0 aromatic carbocycles. The third-order valence-electron chi connectivity index (χ3n) is 5.02. The normalized spacial score (nSPS) is 28.7. The van der Waals surface area contributed by atoms with Gasteiger partial charge in [-0.2, -0.15) is 0 Å². The van der Waals surface area contributed by atoms with Gasteiger partial charge in [-0.25, -0.2) is 15.0 Å². The number of hydrogen-bond acceptors (Lipinski definition) is 11. The molecule has 33 heavy (non-hydrogen) atoms. The summed E-state index contributed by atoms with van der Waals surface area (Å²) in [7, 11) is -4.55. The fourth-order valence-electron chi connectivity index (χ4n) is 3.63. The van der Waals surface area contributed by atoms with Crippen LogP contribution in [0.3, 0.4) is 0 Å². The number of ether oxygens (including phenoxy) is 2. The van der Waals surface area contributed by atoms with Crippen molar-refractivity contribution in [3.8, 4) is 0 Å². The molecule has 4 heterocycles. The van der Waals surface area contributed by atoms with Crippen LogP contribution in [0.25, 0.3) is 11.2 Å². The van der Waals surface area contributed by atoms with Gasteiger partial charge in [-0.1, -0.05) is 13.8 Å². The zero-order chi connectivity index (χ0) is 22.9. The fraction of sp³-hybridized carbons (Fsp3) is 0.611. The Kier molecular flexibility index (Phi) is 8.62. The number of phosphoric ester groups is 1. The number of nitrogens with one attached hydrogen (secondary N) is 1. The molecule has 2 aliphatic heterocycles. The quantitative estimate of drug-likeness (QED) is 0.260. The molecular weight excluding hydrogens is 468 g/mol. The predicted octanol–water partition coefficient (Wildman–Crippen LogP) is -1.94. The van der Waals surface area contributed by atoms with Crippen LogP contribution in [0.5, 0.6) is 0 Å². The molecular formula is C18H23N5NaO8P. The topological polar surface area (TPSA) is 167 Å². The Morgan fingerprint density at radius 3 is 2.76 bits per heavy atom. The van der Waals surface area contributed by atoms with Gasteiger partial charge in [0, 0.05) is 12.8 Å². The first-order chi connectivity index (χ1) is 15.3. The van der Waals surface area contributed by atoms with Gasteiger partial charge in [0.2, 0.25) is 5.91 Å². The average Bonchev–Trinajstić information content (AvgIpc) is 3.30. The second-order valence-electron chi connectivity index (χ2n) is 7.43. The molecule has 2 aromatic rings. The van der Waals surface area contributed by atoms with Gasteiger partial charge in [0.25, 0.3) is 7.82 Å². The van der Waals surface area contributed by atoms with Crippen LogP contribution in [0.1, 0.15) is 45.8 Å². The van der Waals surface area contributed by atoms with E-state index in [4.69, 9.17) is 18.5 Å². The van der Waals surface area contributed by atoms with Crippen molar-refractivity contribution in [2.45, 2.75) is 64.1 Å². The third kappa shape index (κ3) is 5.63. The Morgan fingerprint density at radius 2 is 2.03 bits per heavy atom. The molecule has 4 rings (SSSR count). The molecule has 13 nitrogen and oxygen atoms in total. The smallest absolute Gasteiger partial charge is 0.756 e. The van der Waals surface area contributed by atoms with E-state index in [1.54, 1.807) is 0 Å². The molecule has 2 saturated heterocycles. The largest absolute Gasteiger partial charge is 1.00 e. The summed E-state index contributed by atoms with van der Waals surface area (Å²) in [5.74, 6) is -0.506. The van der Waals surface area contributed by atoms with E-state index >= 15 is 0 Å². The van der Waals surface area contributed by atoms with E-state index in [9.17, 15) is 19.0 Å². The van der Waals surface area contributed by atoms with Crippen molar-refractivity contribution in [1.29, 1.82) is 0 Å². The van der Waals surface area contributed by atoms with Crippen molar-refractivity contribution in [3.63, 3.8) is 0 Å². The second kappa shape index (κ2) is 10.9. The molecule has 0 aliphatic carbocycles. The van der Waals surface area contributed by atoms with Crippen molar-refractivity contribution in [2.75, 3.05) is 11.9 Å². The molecule has 0 radical (unpaired) electrons. The van der Waals surface area contributed by atoms with Crippen molar-refractivity contribution in [3.05, 3.63) is 12.7 Å². The first kappa shape index (κ1) is 26.2. The predicted molar refractivity (Wildman–Crippen MR) is 106 cm³/mol. The molecule has 1 amide bonds. The summed E-state index contributed by atoms with van der Waals surface area (Å²) in [6.07, 6.45) is 0.404. The van der Waals surface area contributed by atoms with Crippen LogP contribution in [-0.2, 0) is 32.7 Å². The number of hydrogen-bond donors (Lipinski definition) is 1. The molecule has 0 spiro atoms. The van der Waals surface area contributed by atoms with Gasteiger partial charge < -0.3 is 28.7 Å². The number of esters is 1. The van der Waals surface area contributed by atoms with Gasteiger partial charge >= 0.3 is 35.5 Å². The zero-order valence-corrected chi connectivity index (χ0v) is 21.4. The molecule has 1 unspecified atom stereocenters. The van der Waals surface area contributed by atoms with E-state index in [0.717, 1.165) is 0 Å². The Labute approximate surface area is 211 Å². The maximum absolute atomic E-state index is 12.2. The van der Waals surface area contributed by atoms with Crippen molar-refractivity contribution >= 4 is 36.7 Å². The molecule has 174 valence electrons. The number of carbonyl (C=O) groups excluding carboxylic acids is 2. The third-order valence-corrected chi connectivity index (χ3v) is 5.99. The van der Waals surface area contributed by atoms with Gasteiger partial charge in [-0.3, -0.25) is 18.7 Å². The number of imidazole rings is 1. The molecule has 15 heteroatoms. The maximum atomic E-state index is 12.2. The van der Waals surface area contributed by atoms with Gasteiger partial charge in [-0.05, 0) is 12.8 Å². The van der Waals surface area contributed by atoms with E-state index in [0.29, 0.717) is 30.4 Å². The van der Waals surface area contributed by atoms with Gasteiger partial charge in [-0.15, -0.1) is 0 Å². The molecule has 1 N–H and O–H groups in total. The van der Waals surface area contributed by atoms with Crippen LogP contribution in [0.4, 0.5) is 5.82 Å². The van der Waals surface area contributed by atoms with Crippen molar-refractivity contribution < 1.29 is 67.1 Å². The van der Waals surface area contributed by atoms with E-state index in [2.05, 4.69) is 20.3 Å². The first-order valence-corrected chi connectivity index (χ1v) is 11.7. The summed E-state index contributed by atoms with van der Waals surface area (Å²) in [4.78, 5) is 48.7. The van der Waals surface area contributed by atoms with Gasteiger partial charge in [0.1, 0.15) is 18.5 Å². The van der Waals surface area contributed by atoms with Gasteiger partial charge in [0.15, 0.2) is 29.3 Å². The van der Waals surface area contributed by atoms with E-state index < -0.39 is 38.3 Å². The standard InChI is InChI=1S/C18H24N5O8P.Na/c1-3-5-11(24)22-16-13-17(20-8-19-16)23(9-21-13)18-15(30-12(25)6-4-2)14-10(29-18)7-28-32(26,27)31-14;/h8-10,14-15,18H,3-7H2,1-2H3,(H,26,27)(H,19,20,22,24);/q;+1/p-1/t10-,14+,15+,18-;/m1./s1. The molecule has 0 saturated carbocycles. The van der Waals surface area contributed by atoms with E-state index in [1.165, 1.54) is 17.2 Å². The van der Waals surface area contributed by atoms with Crippen LogP contribution in [0.15, 0.2) is 12.7 Å². The Bertz CT molecular complexity index is 1070. The Balaban J connectivity index is 0.00000306. The number of anilines is 1. The summed E-state index contributed by atoms with van der Waals surface area (Å²) < 4.78 is 34.7. The Morgan fingerprint density at radius 1 is 1.27 bits per heavy atom. The van der Waals surface area contributed by atoms with Crippen LogP contribution >= 0.6 is 7.82 Å². The summed E-state index contributed by atoms with van der Waals surface area (Å²) in [6, 6.07) is 0. The van der Waals surface area contributed by atoms with Crippen molar-refractivity contribution in [2.24, 2.45) is 0 Å². The number of phosphoric acid groups is 1. The fourth-order valence-corrected chi connectivity index (χ4v) is 4.57. The number of fused-ring (bicyclic) bond motifs is 2. The number of nitrogens with zero attached hydrogens (tertiary/aromatic N) is 4. The molecule has 5 atom stereocenters. The minimum absolute atomic E-state index is 0. The van der Waals surface area contributed by atoms with E-state index in [1.807, 2.05) is 13.8 Å². The summed E-state index contributed by atoms with van der Waals surface area (Å²) in [6.45, 7) is 3.43. The zero-order valence-electron chi connectivity index (χ0n) is 18.5. The average molecular weight is 491 g/mol. The minimum atomic E-state index is -4.55. The molecule has 2 fully saturated rings. The first-order valence-electron chi connectivity index (χ1n) is 10.3. The maximum Gasteiger partial charge on any atom is 1.00 e. The summed E-state index contributed by atoms with van der Waals surface area (Å²) in [5.41, 5.74) is 0.610. The Hall–Kier alpha value is -1.44. The molecule has 0 bridgehead atoms. The van der Waals surface area contributed by atoms with Gasteiger partial charge in [0.05, 0.1) is 12.9 Å². The van der Waals surface area contributed by atoms with Crippen LogP contribution < -0.4 is 39.8 Å². The number of carbonyl (C=O) groups is 2. The van der Waals surface area contributed by atoms with E-state index in [-0.39, 0.29) is 54.3 Å². The summed E-state index contributed by atoms with van der Waals surface area (Å²) >= 11 is 0. The number of amides is 1. The number of rotatable bonds is 7. The SMILES string of the molecule is CCCC(=O)Nc1ncnc2c1ncn2[C@@H]1O[C@@H]2COP(=O)([O-])O[C@@H]2[C@@H]1OC(=O)CCC.[Na+]. The second-order valence-corrected chi connectivity index (χ2v) is 8.79. The molecule has 2 aromatic heterocycles. The van der Waals surface area contributed by atoms with Crippen LogP contribution in [-0.4, -0.2) is 56.3 Å². The minimum Gasteiger partial charge on any atom is -0.756 e. The monoisotopic (exact) mass is 491 g/mol. The molecule has 2 aliphatic rings. The number of aromatic nitrogens is 4. The summed E-state index contributed by atoms with van der Waals surface area (Å²) in [5, 5.41) is 2.70. The van der Waals surface area contributed by atoms with Crippen LogP contribution in [0.2, 0.25) is 0 Å². The van der Waals surface area contributed by atoms with Crippen LogP contribution in [0, 0.1) is 0 Å². The van der Waals surface area contributed by atoms with Crippen molar-refractivity contribution in [1.82, 2.24) is 19.5 Å².